The molecule has 12 rings (SSSR count). The number of unbranched alkanes of at least 4 members (excludes halogenated alkanes) is 4. The third-order valence-electron chi connectivity index (χ3n) is 15.5. The third-order valence-corrected chi connectivity index (χ3v) is 16.0. The van der Waals surface area contributed by atoms with Crippen molar-refractivity contribution >= 4 is 52.0 Å². The summed E-state index contributed by atoms with van der Waals surface area (Å²) < 4.78 is 0. The van der Waals surface area contributed by atoms with E-state index in [0.717, 1.165) is 103 Å². The van der Waals surface area contributed by atoms with Crippen LogP contribution >= 0.6 is 36.7 Å². The van der Waals surface area contributed by atoms with Gasteiger partial charge in [0.25, 0.3) is 0 Å². The minimum atomic E-state index is 0.260. The van der Waals surface area contributed by atoms with Crippen molar-refractivity contribution in [3.8, 4) is 0 Å². The summed E-state index contributed by atoms with van der Waals surface area (Å²) in [5, 5.41) is 19.0. The first-order valence-corrected chi connectivity index (χ1v) is 23.5. The lowest BCUT2D eigenvalue weighted by molar-refractivity contribution is -0.0103. The van der Waals surface area contributed by atoms with Gasteiger partial charge >= 0.3 is 0 Å². The van der Waals surface area contributed by atoms with Gasteiger partial charge in [0.15, 0.2) is 10.2 Å². The summed E-state index contributed by atoms with van der Waals surface area (Å²) in [4.78, 5) is 4.48. The quantitative estimate of drug-likeness (QED) is 0.0627. The van der Waals surface area contributed by atoms with Crippen molar-refractivity contribution < 1.29 is 0 Å². The Morgan fingerprint density at radius 3 is 1.09 bits per heavy atom. The molecule has 12 saturated carbocycles. The molecule has 0 saturated heterocycles. The maximum absolute atomic E-state index is 5.69. The predicted octanol–water partition coefficient (Wildman–Crippen LogP) is 8.15. The van der Waals surface area contributed by atoms with E-state index >= 15 is 0 Å². The first-order valence-electron chi connectivity index (χ1n) is 22.3. The molecule has 0 aromatic rings. The molecule has 0 aromatic heterocycles. The molecule has 0 atom stereocenters. The van der Waals surface area contributed by atoms with E-state index in [4.69, 9.17) is 48.1 Å². The number of hydrogen-bond acceptors (Lipinski definition) is 6. The van der Waals surface area contributed by atoms with Crippen LogP contribution in [0.3, 0.4) is 0 Å². The van der Waals surface area contributed by atoms with Crippen LogP contribution in [0.15, 0.2) is 4.99 Å². The van der Waals surface area contributed by atoms with E-state index in [-0.39, 0.29) is 5.54 Å². The molecule has 8 N–H and O–H groups in total. The highest BCUT2D eigenvalue weighted by Crippen LogP contribution is 2.58. The smallest absolute Gasteiger partial charge is 0.166 e. The molecular weight excluding hydrogens is 711 g/mol. The number of hydrogen-bond donors (Lipinski definition) is 6. The van der Waals surface area contributed by atoms with Gasteiger partial charge in [-0.05, 0) is 251 Å². The molecule has 0 unspecified atom stereocenters. The Balaban J connectivity index is 0.000000177. The van der Waals surface area contributed by atoms with Crippen LogP contribution in [-0.4, -0.2) is 58.2 Å². The summed E-state index contributed by atoms with van der Waals surface area (Å²) in [5.74, 6) is 8.68. The van der Waals surface area contributed by atoms with Crippen molar-refractivity contribution in [3.63, 3.8) is 0 Å². The average Bonchev–Trinajstić information content (AvgIpc) is 3.06. The van der Waals surface area contributed by atoms with Gasteiger partial charge in [-0.1, -0.05) is 6.42 Å². The second-order valence-corrected chi connectivity index (χ2v) is 21.2. The number of thiocarbonyl (C=S) groups is 3. The Kier molecular flexibility index (Phi) is 13.8. The molecule has 12 aliphatic rings. The summed E-state index contributed by atoms with van der Waals surface area (Å²) in [5.41, 5.74) is 11.4. The molecule has 298 valence electrons. The van der Waals surface area contributed by atoms with Gasteiger partial charge in [0.1, 0.15) is 0 Å². The first kappa shape index (κ1) is 40.3. The molecule has 0 aromatic carbocycles. The Hall–Kier alpha value is -0.900. The van der Waals surface area contributed by atoms with E-state index in [9.17, 15) is 0 Å². The molecule has 53 heavy (non-hydrogen) atoms. The number of rotatable bonds is 13. The summed E-state index contributed by atoms with van der Waals surface area (Å²) in [7, 11) is 0. The van der Waals surface area contributed by atoms with Crippen LogP contribution in [0.1, 0.15) is 154 Å². The van der Waals surface area contributed by atoms with Crippen LogP contribution in [0.2, 0.25) is 0 Å². The lowest BCUT2D eigenvalue weighted by atomic mass is 9.53. The van der Waals surface area contributed by atoms with Gasteiger partial charge in [-0.3, -0.25) is 0 Å². The zero-order chi connectivity index (χ0) is 36.9. The largest absolute Gasteiger partial charge is 0.363 e. The van der Waals surface area contributed by atoms with Crippen molar-refractivity contribution in [1.82, 2.24) is 21.3 Å². The van der Waals surface area contributed by atoms with E-state index in [0.29, 0.717) is 11.1 Å². The number of nitrogens with zero attached hydrogens (tertiary/aromatic N) is 1. The van der Waals surface area contributed by atoms with Crippen molar-refractivity contribution in [1.29, 1.82) is 0 Å². The molecular formula is C43H73N7S3. The molecule has 0 amide bonds. The SMILES string of the molecule is NCCCCCN.S=C(NCCCCCNC(=S)NC12CC3CC(CC(C3)C1)C2)NC12CC3CC(CC(C3)C1)C2.S=C=NC12CC3CC(CC(C3)C1)C2. The first-order chi connectivity index (χ1) is 25.7. The van der Waals surface area contributed by atoms with Gasteiger partial charge in [-0.2, -0.15) is 0 Å². The van der Waals surface area contributed by atoms with Crippen LogP contribution in [0, 0.1) is 53.3 Å². The lowest BCUT2D eigenvalue weighted by Gasteiger charge is -2.57. The molecule has 12 bridgehead atoms. The molecule has 12 aliphatic carbocycles. The molecule has 12 fully saturated rings. The second kappa shape index (κ2) is 18.1. The Morgan fingerprint density at radius 1 is 0.491 bits per heavy atom. The van der Waals surface area contributed by atoms with E-state index < -0.39 is 0 Å². The molecule has 0 heterocycles. The van der Waals surface area contributed by atoms with Crippen molar-refractivity contribution in [2.24, 2.45) is 69.7 Å². The van der Waals surface area contributed by atoms with Gasteiger partial charge in [0.2, 0.25) is 0 Å². The number of nitrogens with two attached hydrogens (primary N) is 2. The zero-order valence-corrected chi connectivity index (χ0v) is 35.3. The highest BCUT2D eigenvalue weighted by molar-refractivity contribution is 7.80. The van der Waals surface area contributed by atoms with Crippen LogP contribution < -0.4 is 32.7 Å². The van der Waals surface area contributed by atoms with Crippen molar-refractivity contribution in [2.45, 2.75) is 171 Å². The standard InChI is InChI=1S/C27H44N4S2.C11H15NS.C5H14N2/c32-24(30-26-12-18-6-19(13-26)8-20(7-18)14-26)28-4-2-1-3-5-29-25(33)31-27-15-21-9-22(16-27)11-23(10-21)17-27;13-7-12-11-4-8-1-9(5-11)3-10(2-8)6-11;6-4-2-1-3-5-7/h18-23H,1-17H2,(H2,28,30,32)(H2,29,31,33);8-10H,1-6H2;1-7H2. The number of isothiocyanates is 1. The number of aliphatic imine (C=N–C) groups is 1. The highest BCUT2D eigenvalue weighted by atomic mass is 32.1. The van der Waals surface area contributed by atoms with Crippen LogP contribution in [-0.2, 0) is 0 Å². The van der Waals surface area contributed by atoms with Gasteiger partial charge in [0.05, 0.1) is 10.7 Å². The van der Waals surface area contributed by atoms with Crippen LogP contribution in [0.5, 0.6) is 0 Å². The van der Waals surface area contributed by atoms with Gasteiger partial charge in [0, 0.05) is 24.2 Å². The van der Waals surface area contributed by atoms with Gasteiger partial charge in [-0.15, -0.1) is 0 Å². The third kappa shape index (κ3) is 10.5. The monoisotopic (exact) mass is 784 g/mol. The maximum Gasteiger partial charge on any atom is 0.166 e. The van der Waals surface area contributed by atoms with E-state index in [2.05, 4.69) is 31.4 Å². The average molecular weight is 784 g/mol. The summed E-state index contributed by atoms with van der Waals surface area (Å²) in [6, 6.07) is 0. The van der Waals surface area contributed by atoms with Crippen molar-refractivity contribution in [2.75, 3.05) is 26.2 Å². The fourth-order valence-electron chi connectivity index (χ4n) is 14.7. The normalized spacial score (nSPS) is 41.4. The zero-order valence-electron chi connectivity index (χ0n) is 32.8. The van der Waals surface area contributed by atoms with Gasteiger partial charge < -0.3 is 32.7 Å². The molecule has 10 heteroatoms. The lowest BCUT2D eigenvalue weighted by Crippen LogP contribution is -2.61. The fourth-order valence-corrected chi connectivity index (χ4v) is 15.5. The van der Waals surface area contributed by atoms with E-state index in [1.54, 1.807) is 0 Å². The highest BCUT2D eigenvalue weighted by Gasteiger charge is 2.53. The summed E-state index contributed by atoms with van der Waals surface area (Å²) in [6.07, 6.45) is 32.3. The van der Waals surface area contributed by atoms with E-state index in [1.807, 2.05) is 0 Å². The second-order valence-electron chi connectivity index (χ2n) is 20.2. The minimum Gasteiger partial charge on any atom is -0.363 e. The maximum atomic E-state index is 5.69. The molecule has 0 aliphatic heterocycles. The fraction of sp³-hybridized carbons (Fsp3) is 0.930. The number of nitrogens with one attached hydrogen (secondary N) is 4. The topological polar surface area (TPSA) is 113 Å². The Labute approximate surface area is 338 Å². The molecule has 7 nitrogen and oxygen atoms in total. The summed E-state index contributed by atoms with van der Waals surface area (Å²) >= 11 is 16.1. The minimum absolute atomic E-state index is 0.260. The van der Waals surface area contributed by atoms with E-state index in [1.165, 1.54) is 141 Å². The summed E-state index contributed by atoms with van der Waals surface area (Å²) in [6.45, 7) is 3.57. The Bertz CT molecular complexity index is 1120. The molecule has 0 spiro atoms. The molecule has 0 radical (unpaired) electrons. The van der Waals surface area contributed by atoms with Crippen LogP contribution in [0.25, 0.3) is 0 Å². The van der Waals surface area contributed by atoms with Gasteiger partial charge in [-0.25, -0.2) is 4.99 Å². The van der Waals surface area contributed by atoms with Crippen molar-refractivity contribution in [3.05, 3.63) is 0 Å². The predicted molar refractivity (Wildman–Crippen MR) is 231 cm³/mol. The Morgan fingerprint density at radius 2 is 0.792 bits per heavy atom. The van der Waals surface area contributed by atoms with Crippen LogP contribution in [0.4, 0.5) is 0 Å².